The third kappa shape index (κ3) is 4.29. The van der Waals surface area contributed by atoms with Gasteiger partial charge in [0.05, 0.1) is 27.6 Å². The first kappa shape index (κ1) is 19.5. The van der Waals surface area contributed by atoms with Gasteiger partial charge in [-0.2, -0.15) is 0 Å². The van der Waals surface area contributed by atoms with Gasteiger partial charge in [-0.3, -0.25) is 19.8 Å². The fraction of sp³-hybridized carbons (Fsp3) is 0.278. The summed E-state index contributed by atoms with van der Waals surface area (Å²) in [6.07, 6.45) is 1.59. The number of halogens is 1. The second kappa shape index (κ2) is 8.27. The molecule has 4 rings (SSSR count). The van der Waals surface area contributed by atoms with Crippen LogP contribution in [0.25, 0.3) is 10.2 Å². The lowest BCUT2D eigenvalue weighted by atomic mass is 10.2. The van der Waals surface area contributed by atoms with Crippen LogP contribution in [0.4, 0.5) is 17.2 Å². The van der Waals surface area contributed by atoms with Crippen LogP contribution in [0, 0.1) is 10.1 Å². The maximum atomic E-state index is 12.4. The molecule has 3 aromatic rings. The summed E-state index contributed by atoms with van der Waals surface area (Å²) in [5.41, 5.74) is 0.246. The molecule has 11 heteroatoms. The Balaban J connectivity index is 1.33. The smallest absolute Gasteiger partial charge is 0.271 e. The van der Waals surface area contributed by atoms with E-state index in [1.54, 1.807) is 17.7 Å². The molecule has 1 aromatic carbocycles. The lowest BCUT2D eigenvalue weighted by Crippen LogP contribution is -2.49. The molecule has 0 bridgehead atoms. The Morgan fingerprint density at radius 1 is 1.24 bits per heavy atom. The Morgan fingerprint density at radius 2 is 2.03 bits per heavy atom. The Morgan fingerprint density at radius 3 is 2.76 bits per heavy atom. The van der Waals surface area contributed by atoms with Crippen molar-refractivity contribution in [3.63, 3.8) is 0 Å². The summed E-state index contributed by atoms with van der Waals surface area (Å²) >= 11 is 7.62. The molecule has 3 heterocycles. The summed E-state index contributed by atoms with van der Waals surface area (Å²) < 4.78 is 0. The average Bonchev–Trinajstić information content (AvgIpc) is 3.19. The summed E-state index contributed by atoms with van der Waals surface area (Å²) in [4.78, 5) is 36.6. The van der Waals surface area contributed by atoms with Gasteiger partial charge in [0.1, 0.15) is 17.0 Å². The van der Waals surface area contributed by atoms with Crippen molar-refractivity contribution < 1.29 is 9.72 Å². The quantitative estimate of drug-likeness (QED) is 0.488. The number of nitrogens with one attached hydrogen (secondary N) is 1. The van der Waals surface area contributed by atoms with Gasteiger partial charge in [-0.25, -0.2) is 9.97 Å². The van der Waals surface area contributed by atoms with E-state index in [1.807, 2.05) is 11.4 Å². The zero-order valence-electron chi connectivity index (χ0n) is 15.2. The molecular weight excluding hydrogens is 416 g/mol. The van der Waals surface area contributed by atoms with E-state index in [4.69, 9.17) is 11.6 Å². The van der Waals surface area contributed by atoms with E-state index in [9.17, 15) is 14.9 Å². The molecule has 1 aliphatic heterocycles. The molecule has 0 radical (unpaired) electrons. The lowest BCUT2D eigenvalue weighted by molar-refractivity contribution is -0.384. The van der Waals surface area contributed by atoms with Gasteiger partial charge in [-0.1, -0.05) is 11.6 Å². The van der Waals surface area contributed by atoms with Crippen LogP contribution >= 0.6 is 22.9 Å². The Labute approximate surface area is 175 Å². The number of nitrogens with zero attached hydrogens (tertiary/aromatic N) is 5. The maximum absolute atomic E-state index is 12.4. The van der Waals surface area contributed by atoms with Gasteiger partial charge in [0, 0.05) is 38.3 Å². The molecule has 1 fully saturated rings. The third-order valence-electron chi connectivity index (χ3n) is 4.72. The molecule has 0 atom stereocenters. The van der Waals surface area contributed by atoms with Gasteiger partial charge in [-0.15, -0.1) is 11.3 Å². The number of hydrogen-bond donors (Lipinski definition) is 1. The standard InChI is InChI=1S/C18H17ClN6O3S/c19-14-9-12(25(27)28)1-2-15(14)22-16(26)10-23-4-6-24(7-5-23)17-13-3-8-29-18(13)21-11-20-17/h1-3,8-9,11H,4-7,10H2,(H,22,26). The fourth-order valence-corrected chi connectivity index (χ4v) is 4.21. The molecule has 1 N–H and O–H groups in total. The third-order valence-corrected chi connectivity index (χ3v) is 5.85. The molecule has 2 aromatic heterocycles. The van der Waals surface area contributed by atoms with E-state index in [0.717, 1.165) is 42.2 Å². The van der Waals surface area contributed by atoms with Crippen LogP contribution in [0.1, 0.15) is 0 Å². The normalized spacial score (nSPS) is 14.9. The summed E-state index contributed by atoms with van der Waals surface area (Å²) in [5.74, 6) is 0.717. The number of amides is 1. The molecule has 29 heavy (non-hydrogen) atoms. The van der Waals surface area contributed by atoms with Crippen LogP contribution in [0.3, 0.4) is 0 Å². The van der Waals surface area contributed by atoms with Crippen molar-refractivity contribution in [1.82, 2.24) is 14.9 Å². The number of nitro groups is 1. The number of aromatic nitrogens is 2. The predicted octanol–water partition coefficient (Wildman–Crippen LogP) is 3.01. The Kier molecular flexibility index (Phi) is 5.56. The number of non-ortho nitro benzene ring substituents is 1. The zero-order chi connectivity index (χ0) is 20.4. The van der Waals surface area contributed by atoms with Crippen LogP contribution in [0.2, 0.25) is 5.02 Å². The lowest BCUT2D eigenvalue weighted by Gasteiger charge is -2.35. The first-order chi connectivity index (χ1) is 14.0. The summed E-state index contributed by atoms with van der Waals surface area (Å²) in [5, 5.41) is 16.7. The van der Waals surface area contributed by atoms with Crippen LogP contribution in [-0.4, -0.2) is 58.4 Å². The van der Waals surface area contributed by atoms with E-state index < -0.39 is 4.92 Å². The number of carbonyl (C=O) groups is 1. The first-order valence-electron chi connectivity index (χ1n) is 8.90. The van der Waals surface area contributed by atoms with Gasteiger partial charge < -0.3 is 10.2 Å². The molecular formula is C18H17ClN6O3S. The van der Waals surface area contributed by atoms with E-state index in [-0.39, 0.29) is 23.2 Å². The SMILES string of the molecule is O=C(CN1CCN(c2ncnc3sccc23)CC1)Nc1ccc([N+](=O)[O-])cc1Cl. The van der Waals surface area contributed by atoms with Crippen LogP contribution in [-0.2, 0) is 4.79 Å². The number of rotatable bonds is 5. The summed E-state index contributed by atoms with van der Waals surface area (Å²) in [6, 6.07) is 6.01. The highest BCUT2D eigenvalue weighted by Gasteiger charge is 2.22. The molecule has 1 amide bonds. The fourth-order valence-electron chi connectivity index (χ4n) is 3.26. The molecule has 0 aliphatic carbocycles. The second-order valence-electron chi connectivity index (χ2n) is 6.57. The van der Waals surface area contributed by atoms with E-state index >= 15 is 0 Å². The van der Waals surface area contributed by atoms with Crippen molar-refractivity contribution in [3.8, 4) is 0 Å². The van der Waals surface area contributed by atoms with Crippen LogP contribution in [0.5, 0.6) is 0 Å². The highest BCUT2D eigenvalue weighted by molar-refractivity contribution is 7.16. The average molecular weight is 433 g/mol. The van der Waals surface area contributed by atoms with Gasteiger partial charge in [0.15, 0.2) is 0 Å². The van der Waals surface area contributed by atoms with Gasteiger partial charge >= 0.3 is 0 Å². The molecule has 1 saturated heterocycles. The van der Waals surface area contributed by atoms with Crippen LogP contribution in [0.15, 0.2) is 36.0 Å². The maximum Gasteiger partial charge on any atom is 0.271 e. The second-order valence-corrected chi connectivity index (χ2v) is 7.87. The van der Waals surface area contributed by atoms with Gasteiger partial charge in [0.2, 0.25) is 5.91 Å². The zero-order valence-corrected chi connectivity index (χ0v) is 16.8. The van der Waals surface area contributed by atoms with Crippen molar-refractivity contribution in [2.45, 2.75) is 0 Å². The summed E-state index contributed by atoms with van der Waals surface area (Å²) in [7, 11) is 0. The molecule has 1 aliphatic rings. The molecule has 0 unspecified atom stereocenters. The predicted molar refractivity (Wildman–Crippen MR) is 113 cm³/mol. The van der Waals surface area contributed by atoms with Gasteiger partial charge in [0.25, 0.3) is 5.69 Å². The first-order valence-corrected chi connectivity index (χ1v) is 10.2. The number of thiophene rings is 1. The number of benzene rings is 1. The highest BCUT2D eigenvalue weighted by atomic mass is 35.5. The number of nitro benzene ring substituents is 1. The number of fused-ring (bicyclic) bond motifs is 1. The van der Waals surface area contributed by atoms with E-state index in [1.165, 1.54) is 18.2 Å². The monoisotopic (exact) mass is 432 g/mol. The van der Waals surface area contributed by atoms with E-state index in [2.05, 4.69) is 25.1 Å². The summed E-state index contributed by atoms with van der Waals surface area (Å²) in [6.45, 7) is 3.17. The number of anilines is 2. The largest absolute Gasteiger partial charge is 0.353 e. The van der Waals surface area contributed by atoms with Gasteiger partial charge in [-0.05, 0) is 17.5 Å². The van der Waals surface area contributed by atoms with Crippen molar-refractivity contribution in [2.75, 3.05) is 42.9 Å². The van der Waals surface area contributed by atoms with Crippen molar-refractivity contribution in [3.05, 3.63) is 51.1 Å². The van der Waals surface area contributed by atoms with E-state index in [0.29, 0.717) is 5.69 Å². The van der Waals surface area contributed by atoms with Crippen molar-refractivity contribution in [2.24, 2.45) is 0 Å². The topological polar surface area (TPSA) is 104 Å². The minimum atomic E-state index is -0.529. The minimum absolute atomic E-state index is 0.117. The molecule has 9 nitrogen and oxygen atoms in total. The van der Waals surface area contributed by atoms with Crippen molar-refractivity contribution in [1.29, 1.82) is 0 Å². The molecule has 150 valence electrons. The number of carbonyl (C=O) groups excluding carboxylic acids is 1. The molecule has 0 spiro atoms. The molecule has 0 saturated carbocycles. The Hall–Kier alpha value is -2.82. The number of hydrogen-bond acceptors (Lipinski definition) is 8. The number of piperazine rings is 1. The minimum Gasteiger partial charge on any atom is -0.353 e. The highest BCUT2D eigenvalue weighted by Crippen LogP contribution is 2.28. The van der Waals surface area contributed by atoms with Crippen molar-refractivity contribution >= 4 is 56.3 Å². The van der Waals surface area contributed by atoms with Crippen LogP contribution < -0.4 is 10.2 Å². The Bertz CT molecular complexity index is 1070.